The number of nitrogen functional groups attached to an aromatic ring is 1. The van der Waals surface area contributed by atoms with Crippen LogP contribution in [0.2, 0.25) is 0 Å². The van der Waals surface area contributed by atoms with Crippen LogP contribution < -0.4 is 16.0 Å². The molecule has 2 heterocycles. The van der Waals surface area contributed by atoms with E-state index in [2.05, 4.69) is 10.3 Å². The van der Waals surface area contributed by atoms with Crippen molar-refractivity contribution in [2.75, 3.05) is 5.73 Å². The Morgan fingerprint density at radius 3 is 2.36 bits per heavy atom. The lowest BCUT2D eigenvalue weighted by molar-refractivity contribution is -0.371. The van der Waals surface area contributed by atoms with Gasteiger partial charge in [0, 0.05) is 5.56 Å². The highest BCUT2D eigenvalue weighted by atomic mass is 16.2. The van der Waals surface area contributed by atoms with E-state index in [-0.39, 0.29) is 17.3 Å². The maximum Gasteiger partial charge on any atom is 0.284 e. The van der Waals surface area contributed by atoms with Gasteiger partial charge in [-0.2, -0.15) is 0 Å². The number of carbonyl (C=O) groups is 2. The van der Waals surface area contributed by atoms with Gasteiger partial charge in [0.05, 0.1) is 5.56 Å². The van der Waals surface area contributed by atoms with Crippen LogP contribution in [0.3, 0.4) is 0 Å². The summed E-state index contributed by atoms with van der Waals surface area (Å²) in [7, 11) is 0. The topological polar surface area (TPSA) is 86.3 Å². The van der Waals surface area contributed by atoms with E-state index >= 15 is 0 Å². The molecule has 0 aliphatic carbocycles. The summed E-state index contributed by atoms with van der Waals surface area (Å²) in [6, 6.07) is 0. The zero-order valence-electron chi connectivity index (χ0n) is 7.89. The summed E-state index contributed by atoms with van der Waals surface area (Å²) in [6.07, 6.45) is 0. The Kier molecular flexibility index (Phi) is 1.57. The number of aryl methyl sites for hydroxylation is 1. The summed E-state index contributed by atoms with van der Waals surface area (Å²) in [4.78, 5) is 25.6. The summed E-state index contributed by atoms with van der Waals surface area (Å²) >= 11 is 0. The van der Waals surface area contributed by atoms with Gasteiger partial charge in [0.2, 0.25) is 0 Å². The number of nitrogens with one attached hydrogen (secondary N) is 2. The summed E-state index contributed by atoms with van der Waals surface area (Å²) < 4.78 is 0. The Morgan fingerprint density at radius 1 is 1.14 bits per heavy atom. The van der Waals surface area contributed by atoms with Crippen molar-refractivity contribution in [3.8, 4) is 0 Å². The first kappa shape index (κ1) is 8.68. The molecule has 0 unspecified atom stereocenters. The molecule has 0 spiro atoms. The summed E-state index contributed by atoms with van der Waals surface area (Å²) in [6.45, 7) is 3.59. The molecule has 14 heavy (non-hydrogen) atoms. The highest BCUT2D eigenvalue weighted by molar-refractivity contribution is 6.23. The average molecular weight is 192 g/mol. The fourth-order valence-electron chi connectivity index (χ4n) is 1.62. The minimum atomic E-state index is -0.429. The molecule has 0 saturated heterocycles. The fraction of sp³-hybridized carbons (Fsp3) is 0.222. The Hall–Kier alpha value is -1.91. The second-order valence-electron chi connectivity index (χ2n) is 3.32. The number of nitrogens with two attached hydrogens (primary N) is 1. The second-order valence-corrected chi connectivity index (χ2v) is 3.32. The number of pyridine rings is 1. The van der Waals surface area contributed by atoms with Gasteiger partial charge in [-0.1, -0.05) is 0 Å². The first-order valence-corrected chi connectivity index (χ1v) is 4.20. The maximum absolute atomic E-state index is 11.4. The van der Waals surface area contributed by atoms with Crippen molar-refractivity contribution < 1.29 is 14.6 Å². The number of amides is 2. The number of hydrogen-bond donors (Lipinski definition) is 2. The quantitative estimate of drug-likeness (QED) is 0.547. The third kappa shape index (κ3) is 0.921. The monoisotopic (exact) mass is 192 g/mol. The minimum Gasteiger partial charge on any atom is -0.288 e. The molecule has 0 atom stereocenters. The molecule has 1 aromatic rings. The van der Waals surface area contributed by atoms with E-state index in [1.807, 2.05) is 6.92 Å². The van der Waals surface area contributed by atoms with Crippen LogP contribution in [0.5, 0.6) is 0 Å². The largest absolute Gasteiger partial charge is 0.288 e. The lowest BCUT2D eigenvalue weighted by atomic mass is 10.0. The molecule has 0 bridgehead atoms. The van der Waals surface area contributed by atoms with Gasteiger partial charge in [-0.15, -0.1) is 0 Å². The van der Waals surface area contributed by atoms with Crippen LogP contribution >= 0.6 is 0 Å². The molecule has 2 amide bonds. The summed E-state index contributed by atoms with van der Waals surface area (Å²) in [5.41, 5.74) is 7.84. The molecule has 0 aromatic carbocycles. The maximum atomic E-state index is 11.4. The third-order valence-corrected chi connectivity index (χ3v) is 2.46. The molecule has 5 heteroatoms. The Balaban J connectivity index is 2.86. The van der Waals surface area contributed by atoms with Crippen molar-refractivity contribution in [3.05, 3.63) is 22.4 Å². The van der Waals surface area contributed by atoms with Gasteiger partial charge in [-0.05, 0) is 13.8 Å². The number of hydrogen-bond acceptors (Lipinski definition) is 3. The fourth-order valence-corrected chi connectivity index (χ4v) is 1.62. The number of aromatic nitrogens is 1. The number of fused-ring (bicyclic) bond motifs is 1. The third-order valence-electron chi connectivity index (χ3n) is 2.46. The highest BCUT2D eigenvalue weighted by Crippen LogP contribution is 2.22. The number of imide groups is 1. The van der Waals surface area contributed by atoms with E-state index in [1.165, 1.54) is 0 Å². The Labute approximate surface area is 80.3 Å². The van der Waals surface area contributed by atoms with Gasteiger partial charge >= 0.3 is 0 Å². The molecule has 4 N–H and O–H groups in total. The number of rotatable bonds is 0. The van der Waals surface area contributed by atoms with Crippen molar-refractivity contribution in [2.24, 2.45) is 0 Å². The van der Waals surface area contributed by atoms with Gasteiger partial charge in [-0.25, -0.2) is 4.98 Å². The van der Waals surface area contributed by atoms with Crippen molar-refractivity contribution in [2.45, 2.75) is 13.8 Å². The average Bonchev–Trinajstić information content (AvgIpc) is 2.38. The molecule has 0 saturated carbocycles. The van der Waals surface area contributed by atoms with E-state index in [1.54, 1.807) is 6.92 Å². The molecular formula is C9H10N3O2+. The van der Waals surface area contributed by atoms with E-state index in [4.69, 9.17) is 5.73 Å². The molecule has 1 aliphatic rings. The molecular weight excluding hydrogens is 182 g/mol. The first-order valence-electron chi connectivity index (χ1n) is 4.20. The zero-order valence-corrected chi connectivity index (χ0v) is 7.89. The first-order chi connectivity index (χ1) is 6.52. The van der Waals surface area contributed by atoms with Crippen molar-refractivity contribution in [1.29, 1.82) is 0 Å². The van der Waals surface area contributed by atoms with Crippen LogP contribution in [-0.4, -0.2) is 11.8 Å². The van der Waals surface area contributed by atoms with Gasteiger partial charge in [-0.3, -0.25) is 20.6 Å². The predicted molar refractivity (Wildman–Crippen MR) is 48.7 cm³/mol. The molecule has 5 nitrogen and oxygen atoms in total. The van der Waals surface area contributed by atoms with Crippen LogP contribution in [0.25, 0.3) is 0 Å². The van der Waals surface area contributed by atoms with Crippen LogP contribution in [-0.2, 0) is 0 Å². The normalized spacial score (nSPS) is 14.1. The lowest BCUT2D eigenvalue weighted by Gasteiger charge is -2.01. The van der Waals surface area contributed by atoms with Crippen molar-refractivity contribution in [1.82, 2.24) is 5.32 Å². The number of carbonyl (C=O) groups excluding carboxylic acids is 2. The lowest BCUT2D eigenvalue weighted by Crippen LogP contribution is -2.21. The number of H-pyrrole nitrogens is 1. The van der Waals surface area contributed by atoms with Gasteiger partial charge in [0.25, 0.3) is 17.6 Å². The smallest absolute Gasteiger partial charge is 0.284 e. The van der Waals surface area contributed by atoms with Gasteiger partial charge < -0.3 is 0 Å². The van der Waals surface area contributed by atoms with E-state index < -0.39 is 5.91 Å². The molecule has 1 aromatic heterocycles. The van der Waals surface area contributed by atoms with E-state index in [0.29, 0.717) is 5.56 Å². The molecule has 72 valence electrons. The number of aromatic amines is 1. The van der Waals surface area contributed by atoms with E-state index in [0.717, 1.165) is 11.3 Å². The van der Waals surface area contributed by atoms with Crippen LogP contribution in [0.4, 0.5) is 5.82 Å². The Bertz CT molecular complexity index is 466. The molecule has 0 radical (unpaired) electrons. The van der Waals surface area contributed by atoms with Crippen LogP contribution in [0.1, 0.15) is 32.0 Å². The second kappa shape index (κ2) is 2.54. The summed E-state index contributed by atoms with van der Waals surface area (Å²) in [5, 5.41) is 2.21. The molecule has 1 aliphatic heterocycles. The van der Waals surface area contributed by atoms with Crippen LogP contribution in [0.15, 0.2) is 0 Å². The Morgan fingerprint density at radius 2 is 1.71 bits per heavy atom. The number of anilines is 1. The highest BCUT2D eigenvalue weighted by Gasteiger charge is 2.34. The standard InChI is InChI=1S/C9H9N3O2/c1-3-4(2)11-7(10)6-5(3)8(13)12-9(6)14/h1-2H3,(H2,10,11)(H,12,13,14)/p+1. The summed E-state index contributed by atoms with van der Waals surface area (Å²) in [5.74, 6) is -0.556. The molecule has 2 rings (SSSR count). The minimum absolute atomic E-state index is 0.242. The van der Waals surface area contributed by atoms with Crippen molar-refractivity contribution >= 4 is 17.6 Å². The SMILES string of the molecule is Cc1[nH+]c(N)c2c(c1C)C(=O)NC2=O. The zero-order chi connectivity index (χ0) is 10.5. The van der Waals surface area contributed by atoms with Crippen molar-refractivity contribution in [3.63, 3.8) is 0 Å². The van der Waals surface area contributed by atoms with Crippen LogP contribution in [0, 0.1) is 13.8 Å². The van der Waals surface area contributed by atoms with E-state index in [9.17, 15) is 9.59 Å². The predicted octanol–water partition coefficient (Wildman–Crippen LogP) is -0.417. The molecule has 0 fully saturated rings. The van der Waals surface area contributed by atoms with Gasteiger partial charge in [0.15, 0.2) is 0 Å². The van der Waals surface area contributed by atoms with Gasteiger partial charge in [0.1, 0.15) is 11.3 Å².